The maximum Gasteiger partial charge on any atom is 0.247 e. The van der Waals surface area contributed by atoms with Crippen LogP contribution in [0, 0.1) is 0 Å². The highest BCUT2D eigenvalue weighted by molar-refractivity contribution is 7.89. The van der Waals surface area contributed by atoms with Gasteiger partial charge in [-0.25, -0.2) is 18.1 Å². The normalized spacial score (nSPS) is 17.0. The van der Waals surface area contributed by atoms with E-state index in [0.29, 0.717) is 13.1 Å². The van der Waals surface area contributed by atoms with Gasteiger partial charge in [0.2, 0.25) is 15.9 Å². The maximum absolute atomic E-state index is 13.0. The Hall–Kier alpha value is -2.78. The summed E-state index contributed by atoms with van der Waals surface area (Å²) >= 11 is 0. The molecule has 146 valence electrons. The van der Waals surface area contributed by atoms with Gasteiger partial charge in [-0.15, -0.1) is 0 Å². The number of rotatable bonds is 4. The standard InChI is InChI=1S/C19H21N5O3S/c1-15(24-14-20-13-21-24)19(25)22-8-10-23(11-9-22)28(26,27)18-7-6-16-4-2-3-5-17(16)12-18/h2-7,12-15H,8-11H2,1H3. The lowest BCUT2D eigenvalue weighted by atomic mass is 10.1. The zero-order chi connectivity index (χ0) is 19.7. The van der Waals surface area contributed by atoms with E-state index in [1.54, 1.807) is 24.0 Å². The average Bonchev–Trinajstić information content (AvgIpc) is 3.27. The first-order chi connectivity index (χ1) is 13.5. The van der Waals surface area contributed by atoms with Gasteiger partial charge >= 0.3 is 0 Å². The SMILES string of the molecule is CC(C(=O)N1CCN(S(=O)(=O)c2ccc3ccccc3c2)CC1)n1cncn1. The molecule has 0 saturated carbocycles. The number of nitrogens with zero attached hydrogens (tertiary/aromatic N) is 5. The Kier molecular flexibility index (Phi) is 4.86. The maximum atomic E-state index is 13.0. The molecule has 1 unspecified atom stereocenters. The van der Waals surface area contributed by atoms with E-state index < -0.39 is 16.1 Å². The van der Waals surface area contributed by atoms with Crippen molar-refractivity contribution in [3.8, 4) is 0 Å². The average molecular weight is 399 g/mol. The van der Waals surface area contributed by atoms with Crippen molar-refractivity contribution >= 4 is 26.7 Å². The smallest absolute Gasteiger partial charge is 0.247 e. The first-order valence-corrected chi connectivity index (χ1v) is 10.5. The fourth-order valence-electron chi connectivity index (χ4n) is 3.42. The molecule has 0 aliphatic carbocycles. The van der Waals surface area contributed by atoms with Gasteiger partial charge in [0, 0.05) is 26.2 Å². The van der Waals surface area contributed by atoms with Crippen molar-refractivity contribution in [1.29, 1.82) is 0 Å². The molecule has 4 rings (SSSR count). The van der Waals surface area contributed by atoms with Gasteiger partial charge < -0.3 is 4.90 Å². The van der Waals surface area contributed by atoms with Gasteiger partial charge in [0.1, 0.15) is 18.7 Å². The largest absolute Gasteiger partial charge is 0.338 e. The molecule has 2 aromatic carbocycles. The number of fused-ring (bicyclic) bond motifs is 1. The van der Waals surface area contributed by atoms with Crippen molar-refractivity contribution in [3.05, 3.63) is 55.1 Å². The van der Waals surface area contributed by atoms with Gasteiger partial charge in [-0.05, 0) is 29.8 Å². The van der Waals surface area contributed by atoms with Crippen molar-refractivity contribution in [2.24, 2.45) is 0 Å². The molecule has 0 spiro atoms. The van der Waals surface area contributed by atoms with E-state index in [0.717, 1.165) is 10.8 Å². The van der Waals surface area contributed by atoms with Gasteiger partial charge in [0.15, 0.2) is 0 Å². The molecule has 8 nitrogen and oxygen atoms in total. The number of aromatic nitrogens is 3. The molecule has 1 aliphatic heterocycles. The molecule has 28 heavy (non-hydrogen) atoms. The number of amides is 1. The van der Waals surface area contributed by atoms with E-state index in [-0.39, 0.29) is 23.9 Å². The summed E-state index contributed by atoms with van der Waals surface area (Å²) in [5, 5.41) is 5.89. The van der Waals surface area contributed by atoms with Gasteiger partial charge in [0.25, 0.3) is 0 Å². The van der Waals surface area contributed by atoms with Crippen molar-refractivity contribution < 1.29 is 13.2 Å². The Morgan fingerprint density at radius 1 is 1.04 bits per heavy atom. The summed E-state index contributed by atoms with van der Waals surface area (Å²) in [5.74, 6) is -0.0896. The summed E-state index contributed by atoms with van der Waals surface area (Å²) in [6.45, 7) is 3.00. The molecule has 0 bridgehead atoms. The molecule has 1 amide bonds. The molecule has 9 heteroatoms. The van der Waals surface area contributed by atoms with E-state index in [2.05, 4.69) is 10.1 Å². The molecule has 1 atom stereocenters. The van der Waals surface area contributed by atoms with E-state index in [4.69, 9.17) is 0 Å². The van der Waals surface area contributed by atoms with E-state index in [9.17, 15) is 13.2 Å². The molecular formula is C19H21N5O3S. The first-order valence-electron chi connectivity index (χ1n) is 9.09. The second kappa shape index (κ2) is 7.33. The van der Waals surface area contributed by atoms with Crippen molar-refractivity contribution in [2.75, 3.05) is 26.2 Å². The Morgan fingerprint density at radius 2 is 1.75 bits per heavy atom. The van der Waals surface area contributed by atoms with E-state index in [1.165, 1.54) is 21.6 Å². The Balaban J connectivity index is 1.47. The quantitative estimate of drug-likeness (QED) is 0.664. The lowest BCUT2D eigenvalue weighted by Crippen LogP contribution is -2.51. The number of sulfonamides is 1. The fraction of sp³-hybridized carbons (Fsp3) is 0.316. The van der Waals surface area contributed by atoms with Crippen LogP contribution in [0.2, 0.25) is 0 Å². The predicted molar refractivity (Wildman–Crippen MR) is 104 cm³/mol. The van der Waals surface area contributed by atoms with Crippen molar-refractivity contribution in [1.82, 2.24) is 24.0 Å². The third kappa shape index (κ3) is 3.38. The van der Waals surface area contributed by atoms with Gasteiger partial charge in [-0.1, -0.05) is 30.3 Å². The third-order valence-electron chi connectivity index (χ3n) is 5.10. The van der Waals surface area contributed by atoms with Gasteiger partial charge in [0.05, 0.1) is 4.90 Å². The summed E-state index contributed by atoms with van der Waals surface area (Å²) in [6.07, 6.45) is 2.89. The number of carbonyl (C=O) groups excluding carboxylic acids is 1. The van der Waals surface area contributed by atoms with Crippen LogP contribution in [-0.2, 0) is 14.8 Å². The van der Waals surface area contributed by atoms with Crippen LogP contribution in [0.1, 0.15) is 13.0 Å². The van der Waals surface area contributed by atoms with Gasteiger partial charge in [-0.3, -0.25) is 4.79 Å². The monoisotopic (exact) mass is 399 g/mol. The van der Waals surface area contributed by atoms with E-state index in [1.807, 2.05) is 30.3 Å². The fourth-order valence-corrected chi connectivity index (χ4v) is 4.88. The molecule has 1 saturated heterocycles. The topological polar surface area (TPSA) is 88.4 Å². The highest BCUT2D eigenvalue weighted by atomic mass is 32.2. The molecular weight excluding hydrogens is 378 g/mol. The van der Waals surface area contributed by atoms with Crippen LogP contribution in [0.5, 0.6) is 0 Å². The molecule has 0 N–H and O–H groups in total. The Labute approximate surface area is 163 Å². The first kappa shape index (κ1) is 18.6. The van der Waals surface area contributed by atoms with Crippen molar-refractivity contribution in [3.63, 3.8) is 0 Å². The highest BCUT2D eigenvalue weighted by Crippen LogP contribution is 2.23. The molecule has 1 aromatic heterocycles. The summed E-state index contributed by atoms with van der Waals surface area (Å²) in [4.78, 5) is 18.5. The lowest BCUT2D eigenvalue weighted by molar-refractivity contribution is -0.135. The van der Waals surface area contributed by atoms with E-state index >= 15 is 0 Å². The minimum atomic E-state index is -3.60. The summed E-state index contributed by atoms with van der Waals surface area (Å²) in [5.41, 5.74) is 0. The van der Waals surface area contributed by atoms with Crippen LogP contribution in [0.25, 0.3) is 10.8 Å². The second-order valence-corrected chi connectivity index (χ2v) is 8.73. The predicted octanol–water partition coefficient (Wildman–Crippen LogP) is 1.53. The summed E-state index contributed by atoms with van der Waals surface area (Å²) < 4.78 is 29.0. The second-order valence-electron chi connectivity index (χ2n) is 6.79. The minimum absolute atomic E-state index is 0.0896. The van der Waals surface area contributed by atoms with Crippen LogP contribution in [0.3, 0.4) is 0 Å². The molecule has 1 aliphatic rings. The Morgan fingerprint density at radius 3 is 2.43 bits per heavy atom. The number of piperazine rings is 1. The zero-order valence-electron chi connectivity index (χ0n) is 15.5. The number of carbonyl (C=O) groups is 1. The van der Waals surface area contributed by atoms with Crippen LogP contribution < -0.4 is 0 Å². The molecule has 3 aromatic rings. The van der Waals surface area contributed by atoms with Crippen LogP contribution >= 0.6 is 0 Å². The third-order valence-corrected chi connectivity index (χ3v) is 6.99. The van der Waals surface area contributed by atoms with Gasteiger partial charge in [-0.2, -0.15) is 9.40 Å². The van der Waals surface area contributed by atoms with Crippen LogP contribution in [0.15, 0.2) is 60.0 Å². The number of hydrogen-bond acceptors (Lipinski definition) is 5. The zero-order valence-corrected chi connectivity index (χ0v) is 16.3. The number of hydrogen-bond donors (Lipinski definition) is 0. The molecule has 1 fully saturated rings. The van der Waals surface area contributed by atoms with Crippen LogP contribution in [-0.4, -0.2) is 64.5 Å². The summed E-state index contributed by atoms with van der Waals surface area (Å²) in [7, 11) is -3.60. The molecule has 2 heterocycles. The Bertz CT molecular complexity index is 1090. The molecule has 0 radical (unpaired) electrons. The lowest BCUT2D eigenvalue weighted by Gasteiger charge is -2.35. The van der Waals surface area contributed by atoms with Crippen LogP contribution in [0.4, 0.5) is 0 Å². The highest BCUT2D eigenvalue weighted by Gasteiger charge is 2.32. The van der Waals surface area contributed by atoms with Crippen molar-refractivity contribution in [2.45, 2.75) is 17.9 Å². The number of benzene rings is 2. The summed E-state index contributed by atoms with van der Waals surface area (Å²) in [6, 6.07) is 12.4. The minimum Gasteiger partial charge on any atom is -0.338 e.